The molecule has 0 aliphatic carbocycles. The highest BCUT2D eigenvalue weighted by Gasteiger charge is 2.21. The minimum atomic E-state index is -0.773. The molecular formula is C20H21NO5. The largest absolute Gasteiger partial charge is 0.507 e. The fourth-order valence-electron chi connectivity index (χ4n) is 2.00. The Morgan fingerprint density at radius 1 is 1.00 bits per heavy atom. The fraction of sp³-hybridized carbons (Fsp3) is 0.250. The van der Waals surface area contributed by atoms with Crippen LogP contribution < -0.4 is 5.32 Å². The van der Waals surface area contributed by atoms with Crippen molar-refractivity contribution in [1.82, 2.24) is 0 Å². The number of rotatable bonds is 5. The predicted molar refractivity (Wildman–Crippen MR) is 97.2 cm³/mol. The number of esters is 1. The van der Waals surface area contributed by atoms with Crippen LogP contribution in [0.3, 0.4) is 0 Å². The van der Waals surface area contributed by atoms with Crippen LogP contribution in [0.1, 0.15) is 41.5 Å². The Morgan fingerprint density at radius 2 is 1.62 bits per heavy atom. The lowest BCUT2D eigenvalue weighted by molar-refractivity contribution is -0.123. The number of ketones is 1. The third-order valence-electron chi connectivity index (χ3n) is 3.60. The summed E-state index contributed by atoms with van der Waals surface area (Å²) in [6.45, 7) is 4.97. The number of hydrogen-bond acceptors (Lipinski definition) is 5. The van der Waals surface area contributed by atoms with Crippen molar-refractivity contribution in [3.8, 4) is 5.75 Å². The lowest BCUT2D eigenvalue weighted by atomic mass is 9.95. The van der Waals surface area contributed by atoms with Crippen molar-refractivity contribution in [2.75, 3.05) is 11.9 Å². The van der Waals surface area contributed by atoms with Gasteiger partial charge in [-0.3, -0.25) is 9.59 Å². The van der Waals surface area contributed by atoms with Crippen LogP contribution in [0, 0.1) is 5.41 Å². The quantitative estimate of drug-likeness (QED) is 0.633. The lowest BCUT2D eigenvalue weighted by Gasteiger charge is -2.17. The van der Waals surface area contributed by atoms with Crippen LogP contribution >= 0.6 is 0 Å². The van der Waals surface area contributed by atoms with Gasteiger partial charge in [0.05, 0.1) is 0 Å². The van der Waals surface area contributed by atoms with Gasteiger partial charge in [0.15, 0.2) is 12.4 Å². The Hall–Kier alpha value is -3.15. The molecule has 2 aromatic carbocycles. The standard InChI is InChI=1S/C20H21NO5/c1-20(2,3)19(25)21-14-10-8-13(9-11-14)17(23)12-26-18(24)15-6-4-5-7-16(15)22/h4-11,22H,12H2,1-3H3,(H,21,25). The number of hydrogen-bond donors (Lipinski definition) is 2. The molecule has 0 heterocycles. The van der Waals surface area contributed by atoms with Crippen LogP contribution in [0.5, 0.6) is 5.75 Å². The summed E-state index contributed by atoms with van der Waals surface area (Å²) in [5, 5.41) is 12.4. The minimum absolute atomic E-state index is 0.000501. The smallest absolute Gasteiger partial charge is 0.342 e. The third kappa shape index (κ3) is 4.92. The maximum Gasteiger partial charge on any atom is 0.342 e. The first-order valence-electron chi connectivity index (χ1n) is 8.08. The third-order valence-corrected chi connectivity index (χ3v) is 3.60. The van der Waals surface area contributed by atoms with Gasteiger partial charge in [-0.25, -0.2) is 4.79 Å². The van der Waals surface area contributed by atoms with Gasteiger partial charge >= 0.3 is 5.97 Å². The highest BCUT2D eigenvalue weighted by Crippen LogP contribution is 2.19. The van der Waals surface area contributed by atoms with Crippen LogP contribution in [0.4, 0.5) is 5.69 Å². The lowest BCUT2D eigenvalue weighted by Crippen LogP contribution is -2.27. The van der Waals surface area contributed by atoms with Gasteiger partial charge in [0.25, 0.3) is 0 Å². The van der Waals surface area contributed by atoms with E-state index in [9.17, 15) is 19.5 Å². The van der Waals surface area contributed by atoms with Crippen LogP contribution in [0.25, 0.3) is 0 Å². The second-order valence-electron chi connectivity index (χ2n) is 6.80. The maximum absolute atomic E-state index is 12.1. The SMILES string of the molecule is CC(C)(C)C(=O)Nc1ccc(C(=O)COC(=O)c2ccccc2O)cc1. The van der Waals surface area contributed by atoms with Crippen molar-refractivity contribution in [3.05, 3.63) is 59.7 Å². The molecule has 136 valence electrons. The van der Waals surface area contributed by atoms with Gasteiger partial charge in [0.1, 0.15) is 11.3 Å². The first-order chi connectivity index (χ1) is 12.2. The molecule has 0 bridgehead atoms. The number of phenols is 1. The van der Waals surface area contributed by atoms with Crippen molar-refractivity contribution in [3.63, 3.8) is 0 Å². The van der Waals surface area contributed by atoms with Gasteiger partial charge in [-0.15, -0.1) is 0 Å². The van der Waals surface area contributed by atoms with Gasteiger partial charge in [0, 0.05) is 16.7 Å². The molecular weight excluding hydrogens is 334 g/mol. The number of amides is 1. The van der Waals surface area contributed by atoms with Crippen molar-refractivity contribution in [1.29, 1.82) is 0 Å². The summed E-state index contributed by atoms with van der Waals surface area (Å²) < 4.78 is 4.95. The van der Waals surface area contributed by atoms with Gasteiger partial charge < -0.3 is 15.2 Å². The van der Waals surface area contributed by atoms with Crippen molar-refractivity contribution in [2.45, 2.75) is 20.8 Å². The molecule has 0 atom stereocenters. The van der Waals surface area contributed by atoms with Gasteiger partial charge in [-0.1, -0.05) is 32.9 Å². The van der Waals surface area contributed by atoms with Crippen molar-refractivity contribution in [2.24, 2.45) is 5.41 Å². The Morgan fingerprint density at radius 3 is 2.19 bits per heavy atom. The molecule has 0 aliphatic heterocycles. The maximum atomic E-state index is 12.1. The van der Waals surface area contributed by atoms with Crippen LogP contribution in [0.2, 0.25) is 0 Å². The molecule has 2 N–H and O–H groups in total. The van der Waals surface area contributed by atoms with E-state index in [-0.39, 0.29) is 23.0 Å². The summed E-state index contributed by atoms with van der Waals surface area (Å²) in [6.07, 6.45) is 0. The number of carbonyl (C=O) groups excluding carboxylic acids is 3. The second kappa shape index (κ2) is 7.82. The molecule has 1 amide bonds. The topological polar surface area (TPSA) is 92.7 Å². The summed E-state index contributed by atoms with van der Waals surface area (Å²) in [6, 6.07) is 12.3. The number of nitrogens with one attached hydrogen (secondary N) is 1. The highest BCUT2D eigenvalue weighted by atomic mass is 16.5. The van der Waals surface area contributed by atoms with E-state index in [1.807, 2.05) is 0 Å². The molecule has 0 radical (unpaired) electrons. The van der Waals surface area contributed by atoms with E-state index in [2.05, 4.69) is 5.32 Å². The molecule has 0 saturated heterocycles. The molecule has 6 heteroatoms. The number of para-hydroxylation sites is 1. The van der Waals surface area contributed by atoms with E-state index in [1.54, 1.807) is 57.2 Å². The number of carbonyl (C=O) groups is 3. The monoisotopic (exact) mass is 355 g/mol. The van der Waals surface area contributed by atoms with Crippen LogP contribution in [0.15, 0.2) is 48.5 Å². The van der Waals surface area contributed by atoms with Crippen LogP contribution in [-0.4, -0.2) is 29.4 Å². The van der Waals surface area contributed by atoms with E-state index in [4.69, 9.17) is 4.74 Å². The molecule has 6 nitrogen and oxygen atoms in total. The Balaban J connectivity index is 1.95. The number of benzene rings is 2. The molecule has 2 rings (SSSR count). The second-order valence-corrected chi connectivity index (χ2v) is 6.80. The molecule has 0 aliphatic rings. The fourth-order valence-corrected chi connectivity index (χ4v) is 2.00. The summed E-state index contributed by atoms with van der Waals surface area (Å²) in [4.78, 5) is 36.0. The first kappa shape index (κ1) is 19.2. The highest BCUT2D eigenvalue weighted by molar-refractivity contribution is 6.00. The van der Waals surface area contributed by atoms with Gasteiger partial charge in [-0.05, 0) is 36.4 Å². The zero-order valence-electron chi connectivity index (χ0n) is 14.9. The van der Waals surface area contributed by atoms with Crippen LogP contribution in [-0.2, 0) is 9.53 Å². The van der Waals surface area contributed by atoms with E-state index in [1.165, 1.54) is 12.1 Å². The molecule has 0 saturated carbocycles. The average molecular weight is 355 g/mol. The number of aromatic hydroxyl groups is 1. The average Bonchev–Trinajstić information content (AvgIpc) is 2.59. The first-order valence-corrected chi connectivity index (χ1v) is 8.08. The summed E-state index contributed by atoms with van der Waals surface area (Å²) in [7, 11) is 0. The Labute approximate surface area is 151 Å². The van der Waals surface area contributed by atoms with E-state index >= 15 is 0 Å². The summed E-state index contributed by atoms with van der Waals surface area (Å²) in [5.74, 6) is -1.50. The summed E-state index contributed by atoms with van der Waals surface area (Å²) >= 11 is 0. The number of phenolic OH excluding ortho intramolecular Hbond substituents is 1. The molecule has 0 unspecified atom stereocenters. The molecule has 0 spiro atoms. The Bertz CT molecular complexity index is 819. The predicted octanol–water partition coefficient (Wildman–Crippen LogP) is 3.42. The van der Waals surface area contributed by atoms with Crippen molar-refractivity contribution >= 4 is 23.3 Å². The molecule has 26 heavy (non-hydrogen) atoms. The summed E-state index contributed by atoms with van der Waals surface area (Å²) in [5.41, 5.74) is 0.406. The molecule has 2 aromatic rings. The normalized spacial score (nSPS) is 10.9. The zero-order chi connectivity index (χ0) is 19.3. The molecule has 0 fully saturated rings. The minimum Gasteiger partial charge on any atom is -0.507 e. The van der Waals surface area contributed by atoms with Gasteiger partial charge in [-0.2, -0.15) is 0 Å². The number of Topliss-reactive ketones (excluding diaryl/α,β-unsaturated/α-hetero) is 1. The molecule has 0 aromatic heterocycles. The van der Waals surface area contributed by atoms with E-state index in [0.717, 1.165) is 0 Å². The van der Waals surface area contributed by atoms with E-state index < -0.39 is 18.0 Å². The van der Waals surface area contributed by atoms with Gasteiger partial charge in [0.2, 0.25) is 5.91 Å². The van der Waals surface area contributed by atoms with Crippen molar-refractivity contribution < 1.29 is 24.2 Å². The zero-order valence-corrected chi connectivity index (χ0v) is 14.9. The number of anilines is 1. The Kier molecular flexibility index (Phi) is 5.77. The van der Waals surface area contributed by atoms with E-state index in [0.29, 0.717) is 11.3 Å². The number of ether oxygens (including phenoxy) is 1.